The average molecular weight is 341 g/mol. The van der Waals surface area contributed by atoms with Crippen molar-refractivity contribution in [3.05, 3.63) is 65.7 Å². The van der Waals surface area contributed by atoms with Crippen LogP contribution in [0, 0.1) is 0 Å². The quantitative estimate of drug-likeness (QED) is 0.643. The van der Waals surface area contributed by atoms with Gasteiger partial charge in [-0.05, 0) is 29.7 Å². The first kappa shape index (κ1) is 17.3. The van der Waals surface area contributed by atoms with E-state index in [1.165, 1.54) is 16.8 Å². The molecule has 1 heterocycles. The molecule has 0 spiro atoms. The summed E-state index contributed by atoms with van der Waals surface area (Å²) in [6.07, 6.45) is 1.01. The summed E-state index contributed by atoms with van der Waals surface area (Å²) >= 11 is 0. The molecule has 0 aromatic heterocycles. The van der Waals surface area contributed by atoms with Crippen molar-refractivity contribution in [3.63, 3.8) is 0 Å². The largest absolute Gasteiger partial charge is 0.357 e. The molecule has 2 aromatic carbocycles. The molecule has 3 heteroatoms. The molecule has 128 valence electrons. The minimum Gasteiger partial charge on any atom is -0.357 e. The maximum atomic E-state index is 14.3. The van der Waals surface area contributed by atoms with Gasteiger partial charge in [0.05, 0.1) is 0 Å². The second kappa shape index (κ2) is 6.76. The number of hydrogen-bond donors (Lipinski definition) is 0. The summed E-state index contributed by atoms with van der Waals surface area (Å²) in [5, 5.41) is 0. The molecular weight excluding hydrogens is 313 g/mol. The molecule has 3 rings (SSSR count). The van der Waals surface area contributed by atoms with E-state index in [0.717, 1.165) is 13.0 Å². The van der Waals surface area contributed by atoms with Crippen LogP contribution in [0.5, 0.6) is 0 Å². The fourth-order valence-electron chi connectivity index (χ4n) is 4.03. The number of rotatable bonds is 4. The van der Waals surface area contributed by atoms with Crippen molar-refractivity contribution in [2.75, 3.05) is 11.4 Å². The van der Waals surface area contributed by atoms with Crippen LogP contribution in [-0.4, -0.2) is 17.9 Å². The van der Waals surface area contributed by atoms with Crippen LogP contribution in [0.3, 0.4) is 0 Å². The summed E-state index contributed by atoms with van der Waals surface area (Å²) < 4.78 is 14.3. The van der Waals surface area contributed by atoms with E-state index in [1.807, 2.05) is 6.07 Å². The Morgan fingerprint density at radius 2 is 1.50 bits per heavy atom. The van der Waals surface area contributed by atoms with Gasteiger partial charge in [0.25, 0.3) is 0 Å². The van der Waals surface area contributed by atoms with E-state index >= 15 is 0 Å². The molecule has 0 bridgehead atoms. The molecule has 2 nitrogen and oxygen atoms in total. The Hall–Kier alpha value is -1.53. The van der Waals surface area contributed by atoms with Crippen LogP contribution in [0.4, 0.5) is 5.69 Å². The Morgan fingerprint density at radius 1 is 0.917 bits per heavy atom. The summed E-state index contributed by atoms with van der Waals surface area (Å²) in [6.45, 7) is 9.43. The van der Waals surface area contributed by atoms with Gasteiger partial charge in [-0.25, -0.2) is 0 Å². The maximum absolute atomic E-state index is 14.3. The molecule has 24 heavy (non-hydrogen) atoms. The minimum atomic E-state index is -2.47. The monoisotopic (exact) mass is 341 g/mol. The lowest BCUT2D eigenvalue weighted by atomic mass is 9.99. The SMILES string of the molecule is CC(C)P(=O)(C(C)C)[C@H]1c2ccccc2CCN1c1ccccc1. The van der Waals surface area contributed by atoms with E-state index in [9.17, 15) is 4.57 Å². The minimum absolute atomic E-state index is 0.0233. The normalized spacial score (nSPS) is 18.1. The zero-order valence-electron chi connectivity index (χ0n) is 15.1. The fraction of sp³-hybridized carbons (Fsp3) is 0.429. The van der Waals surface area contributed by atoms with E-state index in [0.29, 0.717) is 0 Å². The number of anilines is 1. The van der Waals surface area contributed by atoms with Crippen molar-refractivity contribution in [2.24, 2.45) is 0 Å². The van der Waals surface area contributed by atoms with E-state index in [-0.39, 0.29) is 17.1 Å². The summed E-state index contributed by atoms with van der Waals surface area (Å²) in [7, 11) is -2.47. The van der Waals surface area contributed by atoms with Gasteiger partial charge in [-0.1, -0.05) is 70.2 Å². The number of nitrogens with zero attached hydrogens (tertiary/aromatic N) is 1. The van der Waals surface area contributed by atoms with Crippen LogP contribution >= 0.6 is 7.14 Å². The van der Waals surface area contributed by atoms with E-state index in [4.69, 9.17) is 0 Å². The average Bonchev–Trinajstić information content (AvgIpc) is 2.60. The highest BCUT2D eigenvalue weighted by Crippen LogP contribution is 2.68. The topological polar surface area (TPSA) is 20.3 Å². The first-order chi connectivity index (χ1) is 11.5. The van der Waals surface area contributed by atoms with Gasteiger partial charge in [-0.15, -0.1) is 0 Å². The second-order valence-electron chi connectivity index (χ2n) is 7.30. The van der Waals surface area contributed by atoms with Gasteiger partial charge in [0.2, 0.25) is 0 Å². The molecule has 0 radical (unpaired) electrons. The maximum Gasteiger partial charge on any atom is 0.118 e. The third-order valence-electron chi connectivity index (χ3n) is 5.33. The highest BCUT2D eigenvalue weighted by atomic mass is 31.2. The van der Waals surface area contributed by atoms with Gasteiger partial charge < -0.3 is 9.46 Å². The third-order valence-corrected chi connectivity index (χ3v) is 9.88. The fourth-order valence-corrected chi connectivity index (χ4v) is 7.72. The van der Waals surface area contributed by atoms with E-state index in [2.05, 4.69) is 81.1 Å². The molecule has 0 saturated heterocycles. The van der Waals surface area contributed by atoms with Gasteiger partial charge in [-0.2, -0.15) is 0 Å². The lowest BCUT2D eigenvalue weighted by Gasteiger charge is -2.46. The van der Waals surface area contributed by atoms with Crippen molar-refractivity contribution in [2.45, 2.75) is 51.2 Å². The number of para-hydroxylation sites is 1. The van der Waals surface area contributed by atoms with E-state index in [1.54, 1.807) is 0 Å². The molecule has 1 atom stereocenters. The lowest BCUT2D eigenvalue weighted by molar-refractivity contribution is 0.539. The predicted molar refractivity (Wildman–Crippen MR) is 105 cm³/mol. The molecular formula is C21H28NOP. The van der Waals surface area contributed by atoms with Crippen molar-refractivity contribution < 1.29 is 4.57 Å². The van der Waals surface area contributed by atoms with Gasteiger partial charge in [0.15, 0.2) is 0 Å². The molecule has 0 fully saturated rings. The van der Waals surface area contributed by atoms with Crippen molar-refractivity contribution >= 4 is 12.8 Å². The summed E-state index contributed by atoms with van der Waals surface area (Å²) in [5.74, 6) is -0.0233. The standard InChI is InChI=1S/C21H28NOP/c1-16(2)24(23,17(3)4)21-20-13-9-8-10-18(20)14-15-22(21)19-11-6-5-7-12-19/h5-13,16-17,21H,14-15H2,1-4H3/t21-/m0/s1. The van der Waals surface area contributed by atoms with Crippen LogP contribution in [0.25, 0.3) is 0 Å². The van der Waals surface area contributed by atoms with Gasteiger partial charge in [0, 0.05) is 23.6 Å². The first-order valence-corrected chi connectivity index (χ1v) is 10.9. The van der Waals surface area contributed by atoms with E-state index < -0.39 is 7.14 Å². The highest BCUT2D eigenvalue weighted by Gasteiger charge is 2.45. The Labute approximate surface area is 146 Å². The Bertz CT molecular complexity index is 727. The third kappa shape index (κ3) is 2.82. The van der Waals surface area contributed by atoms with Crippen LogP contribution in [0.15, 0.2) is 54.6 Å². The lowest BCUT2D eigenvalue weighted by Crippen LogP contribution is -2.38. The summed E-state index contributed by atoms with van der Waals surface area (Å²) in [6, 6.07) is 19.1. The number of hydrogen-bond acceptors (Lipinski definition) is 2. The van der Waals surface area contributed by atoms with Crippen LogP contribution in [-0.2, 0) is 11.0 Å². The van der Waals surface area contributed by atoms with Crippen LogP contribution in [0.1, 0.15) is 44.6 Å². The van der Waals surface area contributed by atoms with Crippen molar-refractivity contribution in [1.82, 2.24) is 0 Å². The smallest absolute Gasteiger partial charge is 0.118 e. The zero-order valence-corrected chi connectivity index (χ0v) is 16.0. The second-order valence-corrected chi connectivity index (χ2v) is 11.4. The summed E-state index contributed by atoms with van der Waals surface area (Å²) in [4.78, 5) is 2.39. The summed E-state index contributed by atoms with van der Waals surface area (Å²) in [5.41, 5.74) is 4.13. The first-order valence-electron chi connectivity index (χ1n) is 8.94. The van der Waals surface area contributed by atoms with Gasteiger partial charge in [0.1, 0.15) is 12.9 Å². The molecule has 2 aromatic rings. The van der Waals surface area contributed by atoms with Gasteiger partial charge >= 0.3 is 0 Å². The molecule has 0 amide bonds. The molecule has 0 aliphatic carbocycles. The Kier molecular flexibility index (Phi) is 4.88. The van der Waals surface area contributed by atoms with Gasteiger partial charge in [-0.3, -0.25) is 0 Å². The number of fused-ring (bicyclic) bond motifs is 1. The molecule has 1 aliphatic rings. The highest BCUT2D eigenvalue weighted by molar-refractivity contribution is 7.65. The zero-order chi connectivity index (χ0) is 17.3. The van der Waals surface area contributed by atoms with Crippen LogP contribution < -0.4 is 4.90 Å². The van der Waals surface area contributed by atoms with Crippen molar-refractivity contribution in [1.29, 1.82) is 0 Å². The Morgan fingerprint density at radius 3 is 2.12 bits per heavy atom. The van der Waals surface area contributed by atoms with Crippen molar-refractivity contribution in [3.8, 4) is 0 Å². The number of benzene rings is 2. The Balaban J connectivity index is 2.20. The molecule has 0 unspecified atom stereocenters. The predicted octanol–water partition coefficient (Wildman–Crippen LogP) is 5.93. The van der Waals surface area contributed by atoms with Crippen LogP contribution in [0.2, 0.25) is 0 Å². The molecule has 1 aliphatic heterocycles. The molecule has 0 N–H and O–H groups in total. The molecule has 0 saturated carbocycles.